The Morgan fingerprint density at radius 1 is 1.18 bits per heavy atom. The second-order valence-corrected chi connectivity index (χ2v) is 5.97. The predicted octanol–water partition coefficient (Wildman–Crippen LogP) is 3.37. The molecular weight excluding hydrogens is 276 g/mol. The molecule has 2 rings (SSSR count). The third-order valence-corrected chi connectivity index (χ3v) is 4.16. The highest BCUT2D eigenvalue weighted by Crippen LogP contribution is 2.22. The highest BCUT2D eigenvalue weighted by atomic mass is 79.9. The second kappa shape index (κ2) is 5.98. The smallest absolute Gasteiger partial charge is 0.0294 e. The molecule has 0 spiro atoms. The number of nitrogens with one attached hydrogen (secondary N) is 1. The maximum atomic E-state index is 5.92. The fraction of sp³-hybridized carbons (Fsp3) is 0.571. The van der Waals surface area contributed by atoms with Crippen molar-refractivity contribution in [2.75, 3.05) is 0 Å². The lowest BCUT2D eigenvalue weighted by molar-refractivity contribution is 0.322. The van der Waals surface area contributed by atoms with Crippen molar-refractivity contribution in [2.24, 2.45) is 5.73 Å². The van der Waals surface area contributed by atoms with Gasteiger partial charge in [-0.05, 0) is 50.3 Å². The van der Waals surface area contributed by atoms with Gasteiger partial charge < -0.3 is 11.1 Å². The standard InChI is InChI=1S/C14H21BrN2/c1-10(11-2-4-12(15)5-3-11)17-14-8-6-13(16)7-9-14/h2-5,10,13-14,17H,6-9,16H2,1H3. The lowest BCUT2D eigenvalue weighted by Crippen LogP contribution is -2.38. The topological polar surface area (TPSA) is 38.0 Å². The second-order valence-electron chi connectivity index (χ2n) is 5.05. The molecule has 0 radical (unpaired) electrons. The molecule has 0 aromatic heterocycles. The highest BCUT2D eigenvalue weighted by molar-refractivity contribution is 9.10. The van der Waals surface area contributed by atoms with Crippen LogP contribution in [0.5, 0.6) is 0 Å². The van der Waals surface area contributed by atoms with E-state index in [4.69, 9.17) is 5.73 Å². The van der Waals surface area contributed by atoms with Crippen molar-refractivity contribution in [3.8, 4) is 0 Å². The molecule has 1 aromatic carbocycles. The first-order valence-electron chi connectivity index (χ1n) is 6.42. The number of benzene rings is 1. The van der Waals surface area contributed by atoms with Crippen LogP contribution < -0.4 is 11.1 Å². The van der Waals surface area contributed by atoms with Crippen LogP contribution >= 0.6 is 15.9 Å². The van der Waals surface area contributed by atoms with Crippen LogP contribution in [0.15, 0.2) is 28.7 Å². The molecule has 1 atom stereocenters. The van der Waals surface area contributed by atoms with Crippen LogP contribution in [0, 0.1) is 0 Å². The van der Waals surface area contributed by atoms with Crippen molar-refractivity contribution in [2.45, 2.75) is 50.7 Å². The summed E-state index contributed by atoms with van der Waals surface area (Å²) in [4.78, 5) is 0. The summed E-state index contributed by atoms with van der Waals surface area (Å²) in [6.07, 6.45) is 4.74. The van der Waals surface area contributed by atoms with Crippen molar-refractivity contribution in [1.82, 2.24) is 5.32 Å². The Kier molecular flexibility index (Phi) is 4.60. The van der Waals surface area contributed by atoms with Gasteiger partial charge in [-0.15, -0.1) is 0 Å². The fourth-order valence-electron chi connectivity index (χ4n) is 2.49. The average Bonchev–Trinajstić information content (AvgIpc) is 2.33. The van der Waals surface area contributed by atoms with Gasteiger partial charge in [-0.25, -0.2) is 0 Å². The Hall–Kier alpha value is -0.380. The van der Waals surface area contributed by atoms with Crippen LogP contribution in [0.4, 0.5) is 0 Å². The predicted molar refractivity (Wildman–Crippen MR) is 75.9 cm³/mol. The van der Waals surface area contributed by atoms with Crippen LogP contribution in [0.2, 0.25) is 0 Å². The molecule has 1 saturated carbocycles. The first kappa shape index (κ1) is 13.1. The number of hydrogen-bond acceptors (Lipinski definition) is 2. The Morgan fingerprint density at radius 2 is 1.76 bits per heavy atom. The molecule has 0 heterocycles. The van der Waals surface area contributed by atoms with E-state index in [-0.39, 0.29) is 0 Å². The van der Waals surface area contributed by atoms with E-state index >= 15 is 0 Å². The summed E-state index contributed by atoms with van der Waals surface area (Å²) in [5.74, 6) is 0. The SMILES string of the molecule is CC(NC1CCC(N)CC1)c1ccc(Br)cc1. The average molecular weight is 297 g/mol. The van der Waals surface area contributed by atoms with E-state index in [2.05, 4.69) is 52.4 Å². The molecule has 1 fully saturated rings. The van der Waals surface area contributed by atoms with E-state index in [1.165, 1.54) is 18.4 Å². The van der Waals surface area contributed by atoms with Gasteiger partial charge in [0.25, 0.3) is 0 Å². The molecule has 1 aliphatic rings. The zero-order valence-electron chi connectivity index (χ0n) is 10.3. The van der Waals surface area contributed by atoms with E-state index in [0.717, 1.165) is 17.3 Å². The molecule has 0 bridgehead atoms. The van der Waals surface area contributed by atoms with Crippen LogP contribution in [0.3, 0.4) is 0 Å². The molecule has 17 heavy (non-hydrogen) atoms. The van der Waals surface area contributed by atoms with Crippen LogP contribution in [0.25, 0.3) is 0 Å². The summed E-state index contributed by atoms with van der Waals surface area (Å²) < 4.78 is 1.14. The summed E-state index contributed by atoms with van der Waals surface area (Å²) in [5.41, 5.74) is 7.27. The third-order valence-electron chi connectivity index (χ3n) is 3.63. The Morgan fingerprint density at radius 3 is 2.35 bits per heavy atom. The van der Waals surface area contributed by atoms with Crippen molar-refractivity contribution >= 4 is 15.9 Å². The van der Waals surface area contributed by atoms with E-state index in [0.29, 0.717) is 18.1 Å². The number of nitrogens with two attached hydrogens (primary N) is 1. The third kappa shape index (κ3) is 3.80. The monoisotopic (exact) mass is 296 g/mol. The lowest BCUT2D eigenvalue weighted by atomic mass is 9.91. The minimum Gasteiger partial charge on any atom is -0.328 e. The summed E-state index contributed by atoms with van der Waals surface area (Å²) >= 11 is 3.47. The lowest BCUT2D eigenvalue weighted by Gasteiger charge is -2.29. The van der Waals surface area contributed by atoms with E-state index in [9.17, 15) is 0 Å². The maximum Gasteiger partial charge on any atom is 0.0294 e. The molecule has 0 amide bonds. The summed E-state index contributed by atoms with van der Waals surface area (Å²) in [7, 11) is 0. The maximum absolute atomic E-state index is 5.92. The highest BCUT2D eigenvalue weighted by Gasteiger charge is 2.19. The number of halogens is 1. The zero-order chi connectivity index (χ0) is 12.3. The molecular formula is C14H21BrN2. The molecule has 0 saturated heterocycles. The molecule has 2 nitrogen and oxygen atoms in total. The molecule has 1 unspecified atom stereocenters. The van der Waals surface area contributed by atoms with Gasteiger partial charge in [0.15, 0.2) is 0 Å². The Labute approximate surface area is 112 Å². The Balaban J connectivity index is 1.88. The van der Waals surface area contributed by atoms with Crippen LogP contribution in [-0.4, -0.2) is 12.1 Å². The van der Waals surface area contributed by atoms with E-state index in [1.54, 1.807) is 0 Å². The van der Waals surface area contributed by atoms with Gasteiger partial charge in [-0.2, -0.15) is 0 Å². The molecule has 1 aromatic rings. The van der Waals surface area contributed by atoms with Crippen molar-refractivity contribution in [3.05, 3.63) is 34.3 Å². The van der Waals surface area contributed by atoms with Crippen molar-refractivity contribution in [3.63, 3.8) is 0 Å². The van der Waals surface area contributed by atoms with Gasteiger partial charge in [-0.1, -0.05) is 28.1 Å². The molecule has 94 valence electrons. The summed E-state index contributed by atoms with van der Waals surface area (Å²) in [5, 5.41) is 3.70. The molecule has 0 aliphatic heterocycles. The van der Waals surface area contributed by atoms with Gasteiger partial charge in [0.1, 0.15) is 0 Å². The first-order valence-corrected chi connectivity index (χ1v) is 7.21. The van der Waals surface area contributed by atoms with Gasteiger partial charge in [0, 0.05) is 22.6 Å². The molecule has 3 heteroatoms. The number of rotatable bonds is 3. The first-order chi connectivity index (χ1) is 8.15. The summed E-state index contributed by atoms with van der Waals surface area (Å²) in [6, 6.07) is 10.0. The van der Waals surface area contributed by atoms with Crippen LogP contribution in [0.1, 0.15) is 44.2 Å². The number of hydrogen-bond donors (Lipinski definition) is 2. The van der Waals surface area contributed by atoms with Crippen molar-refractivity contribution in [1.29, 1.82) is 0 Å². The minimum atomic E-state index is 0.419. The van der Waals surface area contributed by atoms with E-state index in [1.807, 2.05) is 0 Å². The summed E-state index contributed by atoms with van der Waals surface area (Å²) in [6.45, 7) is 2.23. The van der Waals surface area contributed by atoms with Gasteiger partial charge in [0.05, 0.1) is 0 Å². The van der Waals surface area contributed by atoms with E-state index < -0.39 is 0 Å². The zero-order valence-corrected chi connectivity index (χ0v) is 11.9. The van der Waals surface area contributed by atoms with Crippen molar-refractivity contribution < 1.29 is 0 Å². The largest absolute Gasteiger partial charge is 0.328 e. The van der Waals surface area contributed by atoms with Crippen LogP contribution in [-0.2, 0) is 0 Å². The Bertz CT molecular complexity index is 342. The minimum absolute atomic E-state index is 0.419. The quantitative estimate of drug-likeness (QED) is 0.897. The van der Waals surface area contributed by atoms with Gasteiger partial charge >= 0.3 is 0 Å². The fourth-order valence-corrected chi connectivity index (χ4v) is 2.75. The van der Waals surface area contributed by atoms with Gasteiger partial charge in [0.2, 0.25) is 0 Å². The van der Waals surface area contributed by atoms with Gasteiger partial charge in [-0.3, -0.25) is 0 Å². The normalized spacial score (nSPS) is 26.8. The molecule has 3 N–H and O–H groups in total. The molecule has 1 aliphatic carbocycles.